The van der Waals surface area contributed by atoms with Crippen molar-refractivity contribution in [2.24, 2.45) is 0 Å². The quantitative estimate of drug-likeness (QED) is 0.604. The number of allylic oxidation sites excluding steroid dienone is 2. The summed E-state index contributed by atoms with van der Waals surface area (Å²) >= 11 is 0. The third-order valence-corrected chi connectivity index (χ3v) is 1.68. The fraction of sp³-hybridized carbons (Fsp3) is 0.600. The average molecular weight is 154 g/mol. The normalized spacial score (nSPS) is 14.6. The predicted octanol–water partition coefficient (Wildman–Crippen LogP) is 2.67. The molecular formula is C10H18O. The Morgan fingerprint density at radius 1 is 1.64 bits per heavy atom. The molecule has 0 aromatic carbocycles. The maximum absolute atomic E-state index is 9.20. The van der Waals surface area contributed by atoms with Crippen LogP contribution in [0.5, 0.6) is 0 Å². The fourth-order valence-corrected chi connectivity index (χ4v) is 0.815. The molecule has 0 amide bonds. The molecule has 0 unspecified atom stereocenters. The molecule has 0 saturated heterocycles. The second-order valence-electron chi connectivity index (χ2n) is 2.84. The van der Waals surface area contributed by atoms with E-state index in [1.807, 2.05) is 13.0 Å². The molecule has 0 spiro atoms. The first-order chi connectivity index (χ1) is 5.20. The summed E-state index contributed by atoms with van der Waals surface area (Å²) < 4.78 is 0. The van der Waals surface area contributed by atoms with Gasteiger partial charge in [0.05, 0.1) is 6.10 Å². The Labute approximate surface area is 69.4 Å². The molecule has 0 bridgehead atoms. The number of rotatable bonds is 5. The zero-order chi connectivity index (χ0) is 8.69. The van der Waals surface area contributed by atoms with Crippen LogP contribution in [0.3, 0.4) is 0 Å². The van der Waals surface area contributed by atoms with Gasteiger partial charge in [-0.25, -0.2) is 0 Å². The van der Waals surface area contributed by atoms with E-state index in [-0.39, 0.29) is 6.10 Å². The molecule has 1 atom stereocenters. The SMILES string of the molecule is C=CC/C(C)=C\C[C@@H](O)CC. The molecule has 0 aliphatic heterocycles. The van der Waals surface area contributed by atoms with Gasteiger partial charge in [-0.1, -0.05) is 24.6 Å². The summed E-state index contributed by atoms with van der Waals surface area (Å²) in [5.41, 5.74) is 1.28. The highest BCUT2D eigenvalue weighted by Gasteiger charge is 1.96. The summed E-state index contributed by atoms with van der Waals surface area (Å²) in [6.07, 6.45) is 6.32. The van der Waals surface area contributed by atoms with Crippen molar-refractivity contribution >= 4 is 0 Å². The minimum Gasteiger partial charge on any atom is -0.393 e. The molecular weight excluding hydrogens is 136 g/mol. The van der Waals surface area contributed by atoms with E-state index in [1.165, 1.54) is 5.57 Å². The molecule has 1 heteroatoms. The Morgan fingerprint density at radius 3 is 2.73 bits per heavy atom. The van der Waals surface area contributed by atoms with Crippen molar-refractivity contribution in [2.75, 3.05) is 0 Å². The predicted molar refractivity (Wildman–Crippen MR) is 49.5 cm³/mol. The van der Waals surface area contributed by atoms with E-state index in [1.54, 1.807) is 0 Å². The Bertz CT molecular complexity index is 136. The summed E-state index contributed by atoms with van der Waals surface area (Å²) in [5, 5.41) is 9.20. The Hall–Kier alpha value is -0.560. The number of aliphatic hydroxyl groups is 1. The smallest absolute Gasteiger partial charge is 0.0572 e. The fourth-order valence-electron chi connectivity index (χ4n) is 0.815. The van der Waals surface area contributed by atoms with Crippen LogP contribution in [0.15, 0.2) is 24.3 Å². The van der Waals surface area contributed by atoms with Crippen LogP contribution in [-0.2, 0) is 0 Å². The molecule has 0 fully saturated rings. The number of aliphatic hydroxyl groups excluding tert-OH is 1. The van der Waals surface area contributed by atoms with E-state index >= 15 is 0 Å². The highest BCUT2D eigenvalue weighted by Crippen LogP contribution is 2.05. The standard InChI is InChI=1S/C10H18O/c1-4-6-9(3)7-8-10(11)5-2/h4,7,10-11H,1,5-6,8H2,2-3H3/b9-7-/t10-/m0/s1. The van der Waals surface area contributed by atoms with Crippen LogP contribution in [0, 0.1) is 0 Å². The van der Waals surface area contributed by atoms with Crippen LogP contribution in [0.2, 0.25) is 0 Å². The van der Waals surface area contributed by atoms with Crippen molar-refractivity contribution in [3.8, 4) is 0 Å². The largest absolute Gasteiger partial charge is 0.393 e. The summed E-state index contributed by atoms with van der Waals surface area (Å²) in [7, 11) is 0. The van der Waals surface area contributed by atoms with Gasteiger partial charge in [0.15, 0.2) is 0 Å². The molecule has 64 valence electrons. The molecule has 11 heavy (non-hydrogen) atoms. The zero-order valence-corrected chi connectivity index (χ0v) is 7.51. The van der Waals surface area contributed by atoms with Crippen molar-refractivity contribution < 1.29 is 5.11 Å². The highest BCUT2D eigenvalue weighted by atomic mass is 16.3. The van der Waals surface area contributed by atoms with Gasteiger partial charge in [0.1, 0.15) is 0 Å². The first kappa shape index (κ1) is 10.4. The maximum Gasteiger partial charge on any atom is 0.0572 e. The molecule has 0 heterocycles. The lowest BCUT2D eigenvalue weighted by Crippen LogP contribution is -2.01. The monoisotopic (exact) mass is 154 g/mol. The number of hydrogen-bond acceptors (Lipinski definition) is 1. The maximum atomic E-state index is 9.20. The van der Waals surface area contributed by atoms with E-state index in [2.05, 4.69) is 19.6 Å². The van der Waals surface area contributed by atoms with Gasteiger partial charge in [0.25, 0.3) is 0 Å². The topological polar surface area (TPSA) is 20.2 Å². The lowest BCUT2D eigenvalue weighted by Gasteiger charge is -2.03. The van der Waals surface area contributed by atoms with Crippen LogP contribution in [-0.4, -0.2) is 11.2 Å². The molecule has 0 aromatic rings. The van der Waals surface area contributed by atoms with Crippen molar-refractivity contribution in [2.45, 2.75) is 39.2 Å². The summed E-state index contributed by atoms with van der Waals surface area (Å²) in [4.78, 5) is 0. The van der Waals surface area contributed by atoms with Crippen molar-refractivity contribution in [3.05, 3.63) is 24.3 Å². The van der Waals surface area contributed by atoms with Crippen LogP contribution in [0.1, 0.15) is 33.1 Å². The van der Waals surface area contributed by atoms with Crippen molar-refractivity contribution in [1.82, 2.24) is 0 Å². The molecule has 1 N–H and O–H groups in total. The minimum absolute atomic E-state index is 0.172. The Morgan fingerprint density at radius 2 is 2.27 bits per heavy atom. The van der Waals surface area contributed by atoms with E-state index in [0.717, 1.165) is 19.3 Å². The second-order valence-corrected chi connectivity index (χ2v) is 2.84. The van der Waals surface area contributed by atoms with Gasteiger partial charge in [-0.15, -0.1) is 6.58 Å². The van der Waals surface area contributed by atoms with E-state index in [4.69, 9.17) is 0 Å². The van der Waals surface area contributed by atoms with Crippen LogP contribution < -0.4 is 0 Å². The Balaban J connectivity index is 3.62. The van der Waals surface area contributed by atoms with Crippen molar-refractivity contribution in [1.29, 1.82) is 0 Å². The van der Waals surface area contributed by atoms with Gasteiger partial charge in [-0.3, -0.25) is 0 Å². The molecule has 0 aromatic heterocycles. The highest BCUT2D eigenvalue weighted by molar-refractivity contribution is 5.03. The van der Waals surface area contributed by atoms with E-state index in [9.17, 15) is 5.11 Å². The van der Waals surface area contributed by atoms with Gasteiger partial charge in [0.2, 0.25) is 0 Å². The first-order valence-electron chi connectivity index (χ1n) is 4.15. The summed E-state index contributed by atoms with van der Waals surface area (Å²) in [6.45, 7) is 7.69. The summed E-state index contributed by atoms with van der Waals surface area (Å²) in [5.74, 6) is 0. The van der Waals surface area contributed by atoms with Crippen LogP contribution >= 0.6 is 0 Å². The minimum atomic E-state index is -0.172. The molecule has 0 aliphatic rings. The average Bonchev–Trinajstić information content (AvgIpc) is 2.01. The molecule has 0 radical (unpaired) electrons. The molecule has 1 nitrogen and oxygen atoms in total. The van der Waals surface area contributed by atoms with Crippen LogP contribution in [0.4, 0.5) is 0 Å². The van der Waals surface area contributed by atoms with E-state index in [0.29, 0.717) is 0 Å². The van der Waals surface area contributed by atoms with Gasteiger partial charge < -0.3 is 5.11 Å². The number of hydrogen-bond donors (Lipinski definition) is 1. The molecule has 0 saturated carbocycles. The molecule has 0 aliphatic carbocycles. The van der Waals surface area contributed by atoms with Gasteiger partial charge >= 0.3 is 0 Å². The second kappa shape index (κ2) is 6.17. The van der Waals surface area contributed by atoms with Crippen LogP contribution in [0.25, 0.3) is 0 Å². The van der Waals surface area contributed by atoms with Gasteiger partial charge in [0, 0.05) is 0 Å². The lowest BCUT2D eigenvalue weighted by molar-refractivity contribution is 0.173. The molecule has 0 rings (SSSR count). The summed E-state index contributed by atoms with van der Waals surface area (Å²) in [6, 6.07) is 0. The Kier molecular flexibility index (Phi) is 5.86. The first-order valence-corrected chi connectivity index (χ1v) is 4.15. The third-order valence-electron chi connectivity index (χ3n) is 1.68. The van der Waals surface area contributed by atoms with Gasteiger partial charge in [-0.05, 0) is 26.2 Å². The zero-order valence-electron chi connectivity index (χ0n) is 7.51. The lowest BCUT2D eigenvalue weighted by atomic mass is 10.1. The van der Waals surface area contributed by atoms with Gasteiger partial charge in [-0.2, -0.15) is 0 Å². The third kappa shape index (κ3) is 5.86. The van der Waals surface area contributed by atoms with Crippen molar-refractivity contribution in [3.63, 3.8) is 0 Å². The van der Waals surface area contributed by atoms with E-state index < -0.39 is 0 Å².